The third-order valence-electron chi connectivity index (χ3n) is 6.04. The van der Waals surface area contributed by atoms with E-state index >= 15 is 0 Å². The maximum absolute atomic E-state index is 4.11. The Morgan fingerprint density at radius 2 is 1.26 bits per heavy atom. The molecule has 0 spiro atoms. The zero-order valence-electron chi connectivity index (χ0n) is 15.7. The first kappa shape index (κ1) is 19.0. The summed E-state index contributed by atoms with van der Waals surface area (Å²) in [5, 5.41) is 0. The Morgan fingerprint density at radius 3 is 1.74 bits per heavy atom. The zero-order chi connectivity index (χ0) is 16.4. The van der Waals surface area contributed by atoms with Crippen LogP contribution < -0.4 is 0 Å². The number of nitrogens with zero attached hydrogens (tertiary/aromatic N) is 2. The normalized spacial score (nSPS) is 20.4. The van der Waals surface area contributed by atoms with Crippen molar-refractivity contribution in [1.29, 1.82) is 0 Å². The standard InChI is InChI=1S/C21H40N2/c1-3-5-6-7-8-9-10-16-21(15-4-2,22-17-11-12-18-22)23-19-13-14-20-23/h4H,2-3,5-20H2,1H3. The number of hydrogen-bond donors (Lipinski definition) is 0. The Hall–Kier alpha value is -0.340. The molecule has 2 saturated heterocycles. The second-order valence-corrected chi connectivity index (χ2v) is 7.73. The van der Waals surface area contributed by atoms with E-state index in [1.165, 1.54) is 103 Å². The van der Waals surface area contributed by atoms with Gasteiger partial charge in [0.25, 0.3) is 0 Å². The van der Waals surface area contributed by atoms with Crippen molar-refractivity contribution in [1.82, 2.24) is 9.80 Å². The molecule has 2 fully saturated rings. The van der Waals surface area contributed by atoms with E-state index < -0.39 is 0 Å². The van der Waals surface area contributed by atoms with Crippen LogP contribution in [0.1, 0.15) is 90.4 Å². The first-order valence-electron chi connectivity index (χ1n) is 10.4. The van der Waals surface area contributed by atoms with E-state index in [0.717, 1.165) is 6.42 Å². The van der Waals surface area contributed by atoms with Crippen LogP contribution in [0.5, 0.6) is 0 Å². The van der Waals surface area contributed by atoms with Crippen molar-refractivity contribution in [3.05, 3.63) is 12.7 Å². The number of rotatable bonds is 12. The summed E-state index contributed by atoms with van der Waals surface area (Å²) in [5.74, 6) is 0. The quantitative estimate of drug-likeness (QED) is 0.341. The van der Waals surface area contributed by atoms with Crippen molar-refractivity contribution < 1.29 is 0 Å². The van der Waals surface area contributed by atoms with Gasteiger partial charge in [-0.3, -0.25) is 9.80 Å². The van der Waals surface area contributed by atoms with Gasteiger partial charge in [-0.25, -0.2) is 0 Å². The Labute approximate surface area is 145 Å². The van der Waals surface area contributed by atoms with Crippen LogP contribution in [-0.2, 0) is 0 Å². The molecule has 0 amide bonds. The fourth-order valence-corrected chi connectivity index (χ4v) is 4.74. The minimum Gasteiger partial charge on any atom is -0.285 e. The van der Waals surface area contributed by atoms with Crippen molar-refractivity contribution in [2.75, 3.05) is 26.2 Å². The van der Waals surface area contributed by atoms with Crippen molar-refractivity contribution in [3.8, 4) is 0 Å². The highest BCUT2D eigenvalue weighted by atomic mass is 15.4. The summed E-state index contributed by atoms with van der Waals surface area (Å²) < 4.78 is 0. The minimum atomic E-state index is 0.304. The molecule has 0 aromatic rings. The summed E-state index contributed by atoms with van der Waals surface area (Å²) in [7, 11) is 0. The lowest BCUT2D eigenvalue weighted by atomic mass is 9.93. The Morgan fingerprint density at radius 1 is 0.783 bits per heavy atom. The lowest BCUT2D eigenvalue weighted by molar-refractivity contribution is -0.0405. The van der Waals surface area contributed by atoms with Gasteiger partial charge in [-0.2, -0.15) is 0 Å². The average molecular weight is 321 g/mol. The molecule has 23 heavy (non-hydrogen) atoms. The molecule has 2 rings (SSSR count). The zero-order valence-corrected chi connectivity index (χ0v) is 15.7. The van der Waals surface area contributed by atoms with Crippen LogP contribution in [0.15, 0.2) is 12.7 Å². The molecule has 134 valence electrons. The van der Waals surface area contributed by atoms with Gasteiger partial charge in [0.05, 0.1) is 5.66 Å². The van der Waals surface area contributed by atoms with Gasteiger partial charge in [-0.1, -0.05) is 57.9 Å². The first-order valence-corrected chi connectivity index (χ1v) is 10.4. The predicted molar refractivity (Wildman–Crippen MR) is 102 cm³/mol. The summed E-state index contributed by atoms with van der Waals surface area (Å²) in [4.78, 5) is 5.63. The summed E-state index contributed by atoms with van der Waals surface area (Å²) in [6.07, 6.45) is 20.2. The van der Waals surface area contributed by atoms with Crippen LogP contribution in [0.4, 0.5) is 0 Å². The SMILES string of the molecule is C=CCC(CCCCCCCCC)(N1CCCC1)N1CCCC1. The maximum Gasteiger partial charge on any atom is 0.0772 e. The smallest absolute Gasteiger partial charge is 0.0772 e. The van der Waals surface area contributed by atoms with Gasteiger partial charge < -0.3 is 0 Å². The topological polar surface area (TPSA) is 6.48 Å². The van der Waals surface area contributed by atoms with Gasteiger partial charge in [0.2, 0.25) is 0 Å². The Balaban J connectivity index is 1.88. The van der Waals surface area contributed by atoms with Crippen LogP contribution in [-0.4, -0.2) is 41.6 Å². The van der Waals surface area contributed by atoms with Crippen LogP contribution in [0, 0.1) is 0 Å². The van der Waals surface area contributed by atoms with E-state index in [9.17, 15) is 0 Å². The molecule has 0 radical (unpaired) electrons. The fraction of sp³-hybridized carbons (Fsp3) is 0.905. The number of hydrogen-bond acceptors (Lipinski definition) is 2. The van der Waals surface area contributed by atoms with Crippen LogP contribution in [0.2, 0.25) is 0 Å². The van der Waals surface area contributed by atoms with Gasteiger partial charge in [0.15, 0.2) is 0 Å². The van der Waals surface area contributed by atoms with Crippen molar-refractivity contribution in [2.24, 2.45) is 0 Å². The van der Waals surface area contributed by atoms with Gasteiger partial charge in [0.1, 0.15) is 0 Å². The van der Waals surface area contributed by atoms with E-state index in [2.05, 4.69) is 29.4 Å². The molecular formula is C21H40N2. The van der Waals surface area contributed by atoms with E-state index in [0.29, 0.717) is 5.66 Å². The third-order valence-corrected chi connectivity index (χ3v) is 6.04. The molecule has 0 saturated carbocycles. The van der Waals surface area contributed by atoms with Crippen molar-refractivity contribution >= 4 is 0 Å². The summed E-state index contributed by atoms with van der Waals surface area (Å²) in [5.41, 5.74) is 0.304. The minimum absolute atomic E-state index is 0.304. The van der Waals surface area contributed by atoms with Crippen LogP contribution >= 0.6 is 0 Å². The molecule has 2 nitrogen and oxygen atoms in total. The second-order valence-electron chi connectivity index (χ2n) is 7.73. The van der Waals surface area contributed by atoms with Gasteiger partial charge in [0, 0.05) is 0 Å². The fourth-order valence-electron chi connectivity index (χ4n) is 4.74. The van der Waals surface area contributed by atoms with Crippen molar-refractivity contribution in [2.45, 2.75) is 96.1 Å². The highest BCUT2D eigenvalue weighted by Gasteiger charge is 2.42. The Bertz CT molecular complexity index is 298. The van der Waals surface area contributed by atoms with E-state index in [1.807, 2.05) is 0 Å². The molecule has 0 aromatic carbocycles. The molecule has 0 N–H and O–H groups in total. The van der Waals surface area contributed by atoms with Gasteiger partial charge in [-0.05, 0) is 64.7 Å². The largest absolute Gasteiger partial charge is 0.285 e. The van der Waals surface area contributed by atoms with Crippen LogP contribution in [0.25, 0.3) is 0 Å². The molecule has 2 aliphatic rings. The van der Waals surface area contributed by atoms with E-state index in [4.69, 9.17) is 0 Å². The molecule has 2 aliphatic heterocycles. The van der Waals surface area contributed by atoms with E-state index in [-0.39, 0.29) is 0 Å². The number of unbranched alkanes of at least 4 members (excludes halogenated alkanes) is 6. The molecule has 2 heterocycles. The highest BCUT2D eigenvalue weighted by Crippen LogP contribution is 2.36. The maximum atomic E-state index is 4.11. The highest BCUT2D eigenvalue weighted by molar-refractivity contribution is 4.98. The van der Waals surface area contributed by atoms with Gasteiger partial charge >= 0.3 is 0 Å². The molecule has 0 atom stereocenters. The monoisotopic (exact) mass is 320 g/mol. The molecule has 0 bridgehead atoms. The lowest BCUT2D eigenvalue weighted by Gasteiger charge is -2.48. The third kappa shape index (κ3) is 5.32. The molecule has 0 aromatic heterocycles. The summed E-state index contributed by atoms with van der Waals surface area (Å²) in [6.45, 7) is 11.6. The first-order chi connectivity index (χ1) is 11.3. The second kappa shape index (κ2) is 10.5. The van der Waals surface area contributed by atoms with Crippen molar-refractivity contribution in [3.63, 3.8) is 0 Å². The predicted octanol–water partition coefficient (Wildman–Crippen LogP) is 5.59. The molecule has 2 heteroatoms. The van der Waals surface area contributed by atoms with E-state index in [1.54, 1.807) is 0 Å². The molecule has 0 aliphatic carbocycles. The van der Waals surface area contributed by atoms with Gasteiger partial charge in [-0.15, -0.1) is 6.58 Å². The van der Waals surface area contributed by atoms with Crippen LogP contribution in [0.3, 0.4) is 0 Å². The Kier molecular flexibility index (Phi) is 8.68. The lowest BCUT2D eigenvalue weighted by Crippen LogP contribution is -2.58. The summed E-state index contributed by atoms with van der Waals surface area (Å²) >= 11 is 0. The average Bonchev–Trinajstić information content (AvgIpc) is 3.26. The summed E-state index contributed by atoms with van der Waals surface area (Å²) in [6, 6.07) is 0. The molecular weight excluding hydrogens is 280 g/mol. The molecule has 0 unspecified atom stereocenters. The number of likely N-dealkylation sites (tertiary alicyclic amines) is 2.